The molecule has 0 saturated heterocycles. The molecule has 0 heterocycles. The van der Waals surface area contributed by atoms with Gasteiger partial charge >= 0.3 is 0 Å². The number of aryl methyl sites for hydroxylation is 2. The molecule has 0 radical (unpaired) electrons. The van der Waals surface area contributed by atoms with Crippen molar-refractivity contribution in [2.24, 2.45) is 0 Å². The van der Waals surface area contributed by atoms with Crippen molar-refractivity contribution in [3.05, 3.63) is 28.8 Å². The minimum absolute atomic E-state index is 0.140. The van der Waals surface area contributed by atoms with E-state index in [2.05, 4.69) is 17.4 Å². The van der Waals surface area contributed by atoms with E-state index in [1.54, 1.807) is 0 Å². The first-order valence-electron chi connectivity index (χ1n) is 6.23. The molecule has 0 spiro atoms. The van der Waals surface area contributed by atoms with Crippen LogP contribution in [0.2, 0.25) is 0 Å². The van der Waals surface area contributed by atoms with Crippen LogP contribution in [-0.2, 0) is 6.54 Å². The standard InChI is InChI=1S/C14H20FNO/c1-10-7-12(9-16-13-3-4-13)8-11(2)14(10)17-6-5-15/h7-8,13,16H,3-6,9H2,1-2H3. The quantitative estimate of drug-likeness (QED) is 0.821. The van der Waals surface area contributed by atoms with Gasteiger partial charge in [-0.15, -0.1) is 0 Å². The summed E-state index contributed by atoms with van der Waals surface area (Å²) in [5, 5.41) is 3.49. The Kier molecular flexibility index (Phi) is 4.00. The van der Waals surface area contributed by atoms with Crippen molar-refractivity contribution in [3.63, 3.8) is 0 Å². The Morgan fingerprint density at radius 2 is 1.94 bits per heavy atom. The summed E-state index contributed by atoms with van der Waals surface area (Å²) >= 11 is 0. The van der Waals surface area contributed by atoms with Crippen molar-refractivity contribution in [2.45, 2.75) is 39.3 Å². The number of ether oxygens (including phenoxy) is 1. The topological polar surface area (TPSA) is 21.3 Å². The van der Waals surface area contributed by atoms with Crippen molar-refractivity contribution in [2.75, 3.05) is 13.3 Å². The first-order chi connectivity index (χ1) is 8.20. The average Bonchev–Trinajstić information content (AvgIpc) is 3.09. The number of alkyl halides is 1. The van der Waals surface area contributed by atoms with Crippen LogP contribution in [0, 0.1) is 13.8 Å². The third-order valence-electron chi connectivity index (χ3n) is 3.02. The summed E-state index contributed by atoms with van der Waals surface area (Å²) in [6, 6.07) is 4.96. The molecule has 2 rings (SSSR count). The van der Waals surface area contributed by atoms with Crippen LogP contribution in [0.4, 0.5) is 4.39 Å². The third-order valence-corrected chi connectivity index (χ3v) is 3.02. The molecule has 0 bridgehead atoms. The van der Waals surface area contributed by atoms with Crippen LogP contribution in [0.3, 0.4) is 0 Å². The van der Waals surface area contributed by atoms with Crippen molar-refractivity contribution in [1.29, 1.82) is 0 Å². The zero-order valence-electron chi connectivity index (χ0n) is 10.6. The Bertz CT molecular complexity index is 365. The van der Waals surface area contributed by atoms with Crippen molar-refractivity contribution < 1.29 is 9.13 Å². The highest BCUT2D eigenvalue weighted by Crippen LogP contribution is 2.25. The van der Waals surface area contributed by atoms with Crippen LogP contribution in [0.15, 0.2) is 12.1 Å². The second kappa shape index (κ2) is 5.50. The summed E-state index contributed by atoms with van der Waals surface area (Å²) in [5.41, 5.74) is 3.46. The van der Waals surface area contributed by atoms with Gasteiger partial charge in [0.25, 0.3) is 0 Å². The van der Waals surface area contributed by atoms with Gasteiger partial charge in [0.05, 0.1) is 0 Å². The molecule has 2 nitrogen and oxygen atoms in total. The summed E-state index contributed by atoms with van der Waals surface area (Å²) in [4.78, 5) is 0. The number of hydrogen-bond donors (Lipinski definition) is 1. The van der Waals surface area contributed by atoms with Gasteiger partial charge in [-0.25, -0.2) is 4.39 Å². The molecule has 1 aromatic carbocycles. The SMILES string of the molecule is Cc1cc(CNC2CC2)cc(C)c1OCCF. The van der Waals surface area contributed by atoms with Crippen LogP contribution < -0.4 is 10.1 Å². The molecule has 0 atom stereocenters. The van der Waals surface area contributed by atoms with Crippen LogP contribution in [0.5, 0.6) is 5.75 Å². The molecule has 0 amide bonds. The first-order valence-corrected chi connectivity index (χ1v) is 6.23. The van der Waals surface area contributed by atoms with Gasteiger partial charge in [-0.2, -0.15) is 0 Å². The Morgan fingerprint density at radius 1 is 1.29 bits per heavy atom. The summed E-state index contributed by atoms with van der Waals surface area (Å²) in [7, 11) is 0. The minimum Gasteiger partial charge on any atom is -0.490 e. The number of halogens is 1. The molecule has 1 aliphatic rings. The molecule has 0 aliphatic heterocycles. The van der Waals surface area contributed by atoms with Crippen LogP contribution in [-0.4, -0.2) is 19.3 Å². The predicted octanol–water partition coefficient (Wildman–Crippen LogP) is 2.90. The highest BCUT2D eigenvalue weighted by molar-refractivity contribution is 5.43. The number of hydrogen-bond acceptors (Lipinski definition) is 2. The van der Waals surface area contributed by atoms with E-state index in [0.717, 1.165) is 29.5 Å². The van der Waals surface area contributed by atoms with E-state index >= 15 is 0 Å². The van der Waals surface area contributed by atoms with E-state index in [-0.39, 0.29) is 6.61 Å². The molecule has 94 valence electrons. The van der Waals surface area contributed by atoms with Gasteiger partial charge in [-0.3, -0.25) is 0 Å². The Hall–Kier alpha value is -1.09. The van der Waals surface area contributed by atoms with Crippen LogP contribution in [0.1, 0.15) is 29.5 Å². The zero-order valence-corrected chi connectivity index (χ0v) is 10.6. The maximum atomic E-state index is 12.1. The second-order valence-corrected chi connectivity index (χ2v) is 4.75. The largest absolute Gasteiger partial charge is 0.490 e. The van der Waals surface area contributed by atoms with E-state index < -0.39 is 6.67 Å². The highest BCUT2D eigenvalue weighted by Gasteiger charge is 2.20. The van der Waals surface area contributed by atoms with E-state index in [9.17, 15) is 4.39 Å². The fraction of sp³-hybridized carbons (Fsp3) is 0.571. The van der Waals surface area contributed by atoms with Gasteiger partial charge in [0.2, 0.25) is 0 Å². The molecule has 1 fully saturated rings. The molecular formula is C14H20FNO. The molecule has 0 unspecified atom stereocenters. The number of rotatable bonds is 6. The highest BCUT2D eigenvalue weighted by atomic mass is 19.1. The molecule has 1 aromatic rings. The maximum absolute atomic E-state index is 12.1. The summed E-state index contributed by atoms with van der Waals surface area (Å²) in [6.45, 7) is 4.64. The molecule has 17 heavy (non-hydrogen) atoms. The lowest BCUT2D eigenvalue weighted by Crippen LogP contribution is -2.15. The normalized spacial score (nSPS) is 15.0. The first kappa shape index (κ1) is 12.4. The number of nitrogens with one attached hydrogen (secondary N) is 1. The fourth-order valence-corrected chi connectivity index (χ4v) is 2.06. The van der Waals surface area contributed by atoms with Crippen LogP contribution >= 0.6 is 0 Å². The molecule has 1 saturated carbocycles. The lowest BCUT2D eigenvalue weighted by atomic mass is 10.1. The minimum atomic E-state index is -0.441. The Labute approximate surface area is 102 Å². The summed E-state index contributed by atoms with van der Waals surface area (Å²) in [6.07, 6.45) is 2.60. The van der Waals surface area contributed by atoms with E-state index in [1.807, 2.05) is 13.8 Å². The Morgan fingerprint density at radius 3 is 2.47 bits per heavy atom. The molecule has 3 heteroatoms. The monoisotopic (exact) mass is 237 g/mol. The second-order valence-electron chi connectivity index (χ2n) is 4.75. The third kappa shape index (κ3) is 3.43. The summed E-state index contributed by atoms with van der Waals surface area (Å²) in [5.74, 6) is 0.831. The predicted molar refractivity (Wildman–Crippen MR) is 67.2 cm³/mol. The van der Waals surface area contributed by atoms with Gasteiger partial charge < -0.3 is 10.1 Å². The van der Waals surface area contributed by atoms with Crippen molar-refractivity contribution in [1.82, 2.24) is 5.32 Å². The molecular weight excluding hydrogens is 217 g/mol. The van der Waals surface area contributed by atoms with E-state index in [0.29, 0.717) is 0 Å². The smallest absolute Gasteiger partial charge is 0.125 e. The van der Waals surface area contributed by atoms with Gasteiger partial charge in [0.15, 0.2) is 0 Å². The Balaban J connectivity index is 2.03. The van der Waals surface area contributed by atoms with Gasteiger partial charge in [-0.05, 0) is 43.4 Å². The summed E-state index contributed by atoms with van der Waals surface area (Å²) < 4.78 is 17.5. The van der Waals surface area contributed by atoms with Gasteiger partial charge in [-0.1, -0.05) is 12.1 Å². The number of benzene rings is 1. The molecule has 1 N–H and O–H groups in total. The zero-order chi connectivity index (χ0) is 12.3. The molecule has 0 aromatic heterocycles. The van der Waals surface area contributed by atoms with Crippen molar-refractivity contribution >= 4 is 0 Å². The van der Waals surface area contributed by atoms with E-state index in [4.69, 9.17) is 4.74 Å². The lowest BCUT2D eigenvalue weighted by Gasteiger charge is -2.13. The van der Waals surface area contributed by atoms with Crippen molar-refractivity contribution in [3.8, 4) is 5.75 Å². The van der Waals surface area contributed by atoms with E-state index in [1.165, 1.54) is 18.4 Å². The van der Waals surface area contributed by atoms with Gasteiger partial charge in [0.1, 0.15) is 19.0 Å². The van der Waals surface area contributed by atoms with Crippen LogP contribution in [0.25, 0.3) is 0 Å². The maximum Gasteiger partial charge on any atom is 0.125 e. The van der Waals surface area contributed by atoms with Gasteiger partial charge in [0, 0.05) is 12.6 Å². The average molecular weight is 237 g/mol. The fourth-order valence-electron chi connectivity index (χ4n) is 2.06. The lowest BCUT2D eigenvalue weighted by molar-refractivity contribution is 0.270. The molecule has 1 aliphatic carbocycles.